The van der Waals surface area contributed by atoms with E-state index in [0.717, 1.165) is 0 Å². The molecule has 4 N–H and O–H groups in total. The molecule has 108 valence electrons. The van der Waals surface area contributed by atoms with Crippen LogP contribution in [0.3, 0.4) is 0 Å². The van der Waals surface area contributed by atoms with Gasteiger partial charge in [-0.1, -0.05) is 15.9 Å². The number of aromatic hydroxyl groups is 1. The molecule has 0 bridgehead atoms. The van der Waals surface area contributed by atoms with Crippen LogP contribution < -0.4 is 10.6 Å². The first-order chi connectivity index (χ1) is 9.40. The Bertz CT molecular complexity index is 562. The maximum atomic E-state index is 11.3. The van der Waals surface area contributed by atoms with Gasteiger partial charge in [-0.25, -0.2) is 0 Å². The topological polar surface area (TPSA) is 98.7 Å². The minimum absolute atomic E-state index is 0.0426. The third-order valence-electron chi connectivity index (χ3n) is 3.30. The second-order valence-electron chi connectivity index (χ2n) is 4.77. The molecule has 0 aliphatic carbocycles. The van der Waals surface area contributed by atoms with Gasteiger partial charge in [0.05, 0.1) is 11.6 Å². The molecule has 0 spiro atoms. The zero-order chi connectivity index (χ0) is 14.9. The molecule has 1 heterocycles. The maximum absolute atomic E-state index is 11.3. The Labute approximate surface area is 124 Å². The summed E-state index contributed by atoms with van der Waals surface area (Å²) in [6, 6.07) is 2.91. The normalized spacial score (nSPS) is 21.7. The van der Waals surface area contributed by atoms with Gasteiger partial charge in [0.25, 0.3) is 0 Å². The van der Waals surface area contributed by atoms with E-state index in [2.05, 4.69) is 26.6 Å². The van der Waals surface area contributed by atoms with Crippen LogP contribution in [0.4, 0.5) is 5.69 Å². The molecule has 0 saturated carbocycles. The van der Waals surface area contributed by atoms with Crippen LogP contribution in [-0.2, 0) is 9.59 Å². The summed E-state index contributed by atoms with van der Waals surface area (Å²) in [4.78, 5) is 22.3. The van der Waals surface area contributed by atoms with E-state index in [1.165, 1.54) is 13.0 Å². The second-order valence-corrected chi connectivity index (χ2v) is 5.62. The first-order valence-corrected chi connectivity index (χ1v) is 6.94. The lowest BCUT2D eigenvalue weighted by atomic mass is 9.98. The van der Waals surface area contributed by atoms with Crippen molar-refractivity contribution >= 4 is 33.5 Å². The van der Waals surface area contributed by atoms with Gasteiger partial charge in [-0.2, -0.15) is 0 Å². The Hall–Kier alpha value is -1.60. The minimum Gasteiger partial charge on any atom is -0.506 e. The summed E-state index contributed by atoms with van der Waals surface area (Å²) >= 11 is 3.39. The second kappa shape index (κ2) is 5.80. The molecule has 2 atom stereocenters. The zero-order valence-electron chi connectivity index (χ0n) is 10.8. The highest BCUT2D eigenvalue weighted by molar-refractivity contribution is 9.10. The molecule has 1 fully saturated rings. The van der Waals surface area contributed by atoms with Gasteiger partial charge in [-0.05, 0) is 18.6 Å². The van der Waals surface area contributed by atoms with Crippen molar-refractivity contribution in [2.24, 2.45) is 5.92 Å². The fourth-order valence-electron chi connectivity index (χ4n) is 2.37. The summed E-state index contributed by atoms with van der Waals surface area (Å²) in [6.45, 7) is 1.72. The summed E-state index contributed by atoms with van der Waals surface area (Å²) in [5, 5.41) is 24.7. The van der Waals surface area contributed by atoms with Gasteiger partial charge >= 0.3 is 5.97 Å². The van der Waals surface area contributed by atoms with Crippen molar-refractivity contribution in [1.82, 2.24) is 5.32 Å². The van der Waals surface area contributed by atoms with Crippen molar-refractivity contribution < 1.29 is 19.8 Å². The van der Waals surface area contributed by atoms with Crippen LogP contribution in [0.15, 0.2) is 16.6 Å². The third-order valence-corrected chi connectivity index (χ3v) is 3.99. The number of carbonyl (C=O) groups excluding carboxylic acids is 1. The molecule has 0 aromatic heterocycles. The number of halogens is 1. The highest BCUT2D eigenvalue weighted by Gasteiger charge is 2.33. The molecule has 1 aliphatic rings. The lowest BCUT2D eigenvalue weighted by Gasteiger charge is -2.19. The van der Waals surface area contributed by atoms with E-state index in [-0.39, 0.29) is 17.7 Å². The first kappa shape index (κ1) is 14.8. The number of rotatable bonds is 3. The molecule has 7 heteroatoms. The number of anilines is 1. The standard InChI is InChI=1S/C13H15BrN2O4/c1-6(17)16-12-10(18)3-2-8(14)11(12)9-4-7(5-15-9)13(19)20/h2-3,7,9,15,18H,4-5H2,1H3,(H,16,17)(H,19,20). The lowest BCUT2D eigenvalue weighted by molar-refractivity contribution is -0.141. The molecule has 6 nitrogen and oxygen atoms in total. The van der Waals surface area contributed by atoms with Gasteiger partial charge in [0.2, 0.25) is 5.91 Å². The lowest BCUT2D eigenvalue weighted by Crippen LogP contribution is -2.18. The van der Waals surface area contributed by atoms with Gasteiger partial charge in [-0.15, -0.1) is 0 Å². The molecule has 1 aromatic rings. The van der Waals surface area contributed by atoms with Gasteiger partial charge in [0.15, 0.2) is 0 Å². The number of benzene rings is 1. The first-order valence-electron chi connectivity index (χ1n) is 6.15. The van der Waals surface area contributed by atoms with Crippen LogP contribution in [0.2, 0.25) is 0 Å². The van der Waals surface area contributed by atoms with Crippen molar-refractivity contribution in [2.75, 3.05) is 11.9 Å². The van der Waals surface area contributed by atoms with Crippen LogP contribution in [0.1, 0.15) is 24.9 Å². The van der Waals surface area contributed by atoms with E-state index in [0.29, 0.717) is 28.7 Å². The number of hydrogen-bond acceptors (Lipinski definition) is 4. The minimum atomic E-state index is -0.850. The highest BCUT2D eigenvalue weighted by Crippen LogP contribution is 2.41. The predicted molar refractivity (Wildman–Crippen MR) is 76.6 cm³/mol. The fourth-order valence-corrected chi connectivity index (χ4v) is 2.98. The number of nitrogens with one attached hydrogen (secondary N) is 2. The van der Waals surface area contributed by atoms with Crippen LogP contribution >= 0.6 is 15.9 Å². The van der Waals surface area contributed by atoms with Crippen molar-refractivity contribution in [3.63, 3.8) is 0 Å². The molecule has 1 aromatic carbocycles. The maximum Gasteiger partial charge on any atom is 0.307 e. The number of phenols is 1. The van der Waals surface area contributed by atoms with E-state index in [1.807, 2.05) is 0 Å². The quantitative estimate of drug-likeness (QED) is 0.628. The Balaban J connectivity index is 2.38. The average Bonchev–Trinajstić information content (AvgIpc) is 2.83. The molecule has 2 rings (SSSR count). The molecule has 1 amide bonds. The van der Waals surface area contributed by atoms with Crippen molar-refractivity contribution in [3.05, 3.63) is 22.2 Å². The highest BCUT2D eigenvalue weighted by atomic mass is 79.9. The number of amides is 1. The molecular formula is C13H15BrN2O4. The summed E-state index contributed by atoms with van der Waals surface area (Å²) in [5.74, 6) is -1.66. The third kappa shape index (κ3) is 2.94. The Morgan fingerprint density at radius 2 is 2.15 bits per heavy atom. The Morgan fingerprint density at radius 3 is 2.70 bits per heavy atom. The van der Waals surface area contributed by atoms with Gasteiger partial charge < -0.3 is 20.8 Å². The van der Waals surface area contributed by atoms with E-state index in [4.69, 9.17) is 5.11 Å². The average molecular weight is 343 g/mol. The number of carboxylic acids is 1. The number of hydrogen-bond donors (Lipinski definition) is 4. The van der Waals surface area contributed by atoms with E-state index < -0.39 is 11.9 Å². The summed E-state index contributed by atoms with van der Waals surface area (Å²) < 4.78 is 0.711. The van der Waals surface area contributed by atoms with Crippen LogP contribution in [0, 0.1) is 5.92 Å². The van der Waals surface area contributed by atoms with Crippen LogP contribution in [0.5, 0.6) is 5.75 Å². The summed E-state index contributed by atoms with van der Waals surface area (Å²) in [6.07, 6.45) is 0.407. The Morgan fingerprint density at radius 1 is 1.45 bits per heavy atom. The van der Waals surface area contributed by atoms with Crippen molar-refractivity contribution in [1.29, 1.82) is 0 Å². The number of aliphatic carboxylic acids is 1. The van der Waals surface area contributed by atoms with Gasteiger partial charge in [0, 0.05) is 29.5 Å². The van der Waals surface area contributed by atoms with Gasteiger partial charge in [0.1, 0.15) is 5.75 Å². The van der Waals surface area contributed by atoms with Crippen molar-refractivity contribution in [2.45, 2.75) is 19.4 Å². The SMILES string of the molecule is CC(=O)Nc1c(O)ccc(Br)c1C1CC(C(=O)O)CN1. The molecule has 1 aliphatic heterocycles. The number of carbonyl (C=O) groups is 2. The number of phenolic OH excluding ortho intramolecular Hbond substituents is 1. The van der Waals surface area contributed by atoms with E-state index in [1.54, 1.807) is 6.07 Å². The fraction of sp³-hybridized carbons (Fsp3) is 0.385. The van der Waals surface area contributed by atoms with Crippen molar-refractivity contribution in [3.8, 4) is 5.75 Å². The summed E-state index contributed by atoms with van der Waals surface area (Å²) in [7, 11) is 0. The monoisotopic (exact) mass is 342 g/mol. The smallest absolute Gasteiger partial charge is 0.307 e. The van der Waals surface area contributed by atoms with E-state index in [9.17, 15) is 14.7 Å². The molecule has 20 heavy (non-hydrogen) atoms. The van der Waals surface area contributed by atoms with Gasteiger partial charge in [-0.3, -0.25) is 9.59 Å². The number of carboxylic acid groups (broad SMARTS) is 1. The largest absolute Gasteiger partial charge is 0.506 e. The zero-order valence-corrected chi connectivity index (χ0v) is 12.4. The Kier molecular flexibility index (Phi) is 4.29. The van der Waals surface area contributed by atoms with Crippen LogP contribution in [-0.4, -0.2) is 28.6 Å². The molecule has 1 saturated heterocycles. The molecule has 2 unspecified atom stereocenters. The summed E-state index contributed by atoms with van der Waals surface area (Å²) in [5.41, 5.74) is 0.986. The van der Waals surface area contributed by atoms with E-state index >= 15 is 0 Å². The predicted octanol–water partition coefficient (Wildman–Crippen LogP) is 1.85. The molecular weight excluding hydrogens is 328 g/mol. The van der Waals surface area contributed by atoms with Crippen LogP contribution in [0.25, 0.3) is 0 Å². The molecule has 0 radical (unpaired) electrons.